The van der Waals surface area contributed by atoms with Gasteiger partial charge in [-0.25, -0.2) is 4.79 Å². The lowest BCUT2D eigenvalue weighted by Gasteiger charge is -2.09. The molecule has 3 rings (SSSR count). The predicted octanol–water partition coefficient (Wildman–Crippen LogP) is 4.71. The van der Waals surface area contributed by atoms with Gasteiger partial charge in [0.15, 0.2) is 0 Å². The van der Waals surface area contributed by atoms with Gasteiger partial charge in [0.2, 0.25) is 5.76 Å². The summed E-state index contributed by atoms with van der Waals surface area (Å²) < 4.78 is 10.7. The van der Waals surface area contributed by atoms with Gasteiger partial charge in [0.1, 0.15) is 11.3 Å². The number of anilines is 2. The molecule has 0 spiro atoms. The standard InChI is InChI=1S/C17H15ClN2O3/c1-3-22-17(21)16-15(11-9-19-7-6-14(11)23-16)20-13-5-4-10(2)8-12(13)18/h4-9,20H,3H2,1-2H3. The van der Waals surface area contributed by atoms with Crippen molar-refractivity contribution in [2.75, 3.05) is 11.9 Å². The lowest BCUT2D eigenvalue weighted by Crippen LogP contribution is -2.06. The molecule has 2 aromatic heterocycles. The lowest BCUT2D eigenvalue weighted by atomic mass is 10.2. The van der Waals surface area contributed by atoms with Crippen molar-refractivity contribution in [1.82, 2.24) is 4.98 Å². The maximum absolute atomic E-state index is 12.2. The highest BCUT2D eigenvalue weighted by Crippen LogP contribution is 2.35. The molecule has 2 heterocycles. The highest BCUT2D eigenvalue weighted by molar-refractivity contribution is 6.33. The summed E-state index contributed by atoms with van der Waals surface area (Å²) in [6.07, 6.45) is 3.23. The molecule has 0 saturated carbocycles. The van der Waals surface area contributed by atoms with E-state index in [-0.39, 0.29) is 12.4 Å². The van der Waals surface area contributed by atoms with Crippen LogP contribution in [0.15, 0.2) is 41.1 Å². The van der Waals surface area contributed by atoms with Crippen LogP contribution in [0.5, 0.6) is 0 Å². The number of carbonyl (C=O) groups excluding carboxylic acids is 1. The summed E-state index contributed by atoms with van der Waals surface area (Å²) in [6, 6.07) is 7.31. The van der Waals surface area contributed by atoms with Gasteiger partial charge in [-0.2, -0.15) is 0 Å². The molecule has 0 aliphatic carbocycles. The quantitative estimate of drug-likeness (QED) is 0.702. The molecule has 0 unspecified atom stereocenters. The van der Waals surface area contributed by atoms with Gasteiger partial charge in [-0.15, -0.1) is 0 Å². The lowest BCUT2D eigenvalue weighted by molar-refractivity contribution is 0.0494. The molecule has 1 aromatic carbocycles. The third-order valence-electron chi connectivity index (χ3n) is 3.33. The van der Waals surface area contributed by atoms with E-state index in [1.165, 1.54) is 0 Å². The molecule has 0 aliphatic heterocycles. The highest BCUT2D eigenvalue weighted by atomic mass is 35.5. The minimum atomic E-state index is -0.533. The minimum Gasteiger partial charge on any atom is -0.460 e. The molecule has 1 N–H and O–H groups in total. The monoisotopic (exact) mass is 330 g/mol. The van der Waals surface area contributed by atoms with E-state index < -0.39 is 5.97 Å². The summed E-state index contributed by atoms with van der Waals surface area (Å²) in [5.41, 5.74) is 2.77. The first kappa shape index (κ1) is 15.4. The van der Waals surface area contributed by atoms with Crippen LogP contribution in [0.2, 0.25) is 5.02 Å². The number of esters is 1. The third-order valence-corrected chi connectivity index (χ3v) is 3.65. The number of nitrogens with one attached hydrogen (secondary N) is 1. The van der Waals surface area contributed by atoms with Crippen LogP contribution < -0.4 is 5.32 Å². The van der Waals surface area contributed by atoms with Crippen LogP contribution in [-0.2, 0) is 4.74 Å². The van der Waals surface area contributed by atoms with Gasteiger partial charge in [-0.05, 0) is 37.6 Å². The van der Waals surface area contributed by atoms with Crippen LogP contribution in [0.25, 0.3) is 11.0 Å². The van der Waals surface area contributed by atoms with Gasteiger partial charge < -0.3 is 14.5 Å². The van der Waals surface area contributed by atoms with Crippen LogP contribution in [0, 0.1) is 6.92 Å². The highest BCUT2D eigenvalue weighted by Gasteiger charge is 2.22. The second-order valence-corrected chi connectivity index (χ2v) is 5.41. The second-order valence-electron chi connectivity index (χ2n) is 5.01. The summed E-state index contributed by atoms with van der Waals surface area (Å²) in [4.78, 5) is 16.2. The van der Waals surface area contributed by atoms with Gasteiger partial charge in [-0.1, -0.05) is 17.7 Å². The number of hydrogen-bond acceptors (Lipinski definition) is 5. The Morgan fingerprint density at radius 3 is 2.96 bits per heavy atom. The Morgan fingerprint density at radius 2 is 2.22 bits per heavy atom. The maximum atomic E-state index is 12.2. The zero-order valence-corrected chi connectivity index (χ0v) is 13.5. The summed E-state index contributed by atoms with van der Waals surface area (Å²) in [7, 11) is 0. The van der Waals surface area contributed by atoms with Gasteiger partial charge in [-0.3, -0.25) is 4.98 Å². The molecule has 0 fully saturated rings. The number of fused-ring (bicyclic) bond motifs is 1. The summed E-state index contributed by atoms with van der Waals surface area (Å²) in [5.74, 6) is -0.430. The molecule has 0 saturated heterocycles. The van der Waals surface area contributed by atoms with Gasteiger partial charge in [0.05, 0.1) is 22.7 Å². The number of hydrogen-bond donors (Lipinski definition) is 1. The van der Waals surface area contributed by atoms with Crippen LogP contribution in [0.1, 0.15) is 23.0 Å². The van der Waals surface area contributed by atoms with Crippen molar-refractivity contribution >= 4 is 39.9 Å². The number of carbonyl (C=O) groups is 1. The first-order chi connectivity index (χ1) is 11.1. The van der Waals surface area contributed by atoms with E-state index in [4.69, 9.17) is 20.8 Å². The molecule has 118 valence electrons. The molecule has 3 aromatic rings. The number of halogens is 1. The normalized spacial score (nSPS) is 10.7. The van der Waals surface area contributed by atoms with Crippen LogP contribution in [0.4, 0.5) is 11.4 Å². The largest absolute Gasteiger partial charge is 0.460 e. The Hall–Kier alpha value is -2.53. The van der Waals surface area contributed by atoms with Crippen molar-refractivity contribution in [3.05, 3.63) is 53.0 Å². The minimum absolute atomic E-state index is 0.103. The Kier molecular flexibility index (Phi) is 4.21. The number of benzene rings is 1. The Labute approximate surface area is 138 Å². The number of aromatic nitrogens is 1. The summed E-state index contributed by atoms with van der Waals surface area (Å²) >= 11 is 6.27. The fourth-order valence-corrected chi connectivity index (χ4v) is 2.54. The number of rotatable bonds is 4. The van der Waals surface area contributed by atoms with E-state index >= 15 is 0 Å². The Bertz CT molecular complexity index is 873. The van der Waals surface area contributed by atoms with E-state index in [9.17, 15) is 4.79 Å². The van der Waals surface area contributed by atoms with Crippen LogP contribution >= 0.6 is 11.6 Å². The zero-order valence-electron chi connectivity index (χ0n) is 12.7. The van der Waals surface area contributed by atoms with Crippen molar-refractivity contribution in [3.63, 3.8) is 0 Å². The number of pyridine rings is 1. The number of nitrogens with zero attached hydrogens (tertiary/aromatic N) is 1. The van der Waals surface area contributed by atoms with E-state index in [0.717, 1.165) is 5.56 Å². The van der Waals surface area contributed by atoms with E-state index in [0.29, 0.717) is 27.4 Å². The smallest absolute Gasteiger partial charge is 0.376 e. The molecule has 0 radical (unpaired) electrons. The van der Waals surface area contributed by atoms with Crippen molar-refractivity contribution in [2.45, 2.75) is 13.8 Å². The fraction of sp³-hybridized carbons (Fsp3) is 0.176. The van der Waals surface area contributed by atoms with E-state index in [2.05, 4.69) is 10.3 Å². The Balaban J connectivity index is 2.10. The molecule has 0 bridgehead atoms. The van der Waals surface area contributed by atoms with Crippen molar-refractivity contribution in [3.8, 4) is 0 Å². The molecule has 0 amide bonds. The molecule has 0 atom stereocenters. The van der Waals surface area contributed by atoms with Crippen LogP contribution in [-0.4, -0.2) is 17.6 Å². The topological polar surface area (TPSA) is 64.4 Å². The van der Waals surface area contributed by atoms with Crippen molar-refractivity contribution in [2.24, 2.45) is 0 Å². The van der Waals surface area contributed by atoms with E-state index in [1.54, 1.807) is 25.4 Å². The van der Waals surface area contributed by atoms with Gasteiger partial charge in [0.25, 0.3) is 0 Å². The summed E-state index contributed by atoms with van der Waals surface area (Å²) in [6.45, 7) is 3.96. The molecule has 0 aliphatic rings. The second kappa shape index (κ2) is 6.30. The molecular formula is C17H15ClN2O3. The third kappa shape index (κ3) is 3.00. The molecular weight excluding hydrogens is 316 g/mol. The van der Waals surface area contributed by atoms with E-state index in [1.807, 2.05) is 25.1 Å². The zero-order chi connectivity index (χ0) is 16.4. The van der Waals surface area contributed by atoms with Crippen molar-refractivity contribution in [1.29, 1.82) is 0 Å². The van der Waals surface area contributed by atoms with Gasteiger partial charge in [0, 0.05) is 12.4 Å². The van der Waals surface area contributed by atoms with Gasteiger partial charge >= 0.3 is 5.97 Å². The predicted molar refractivity (Wildman–Crippen MR) is 89.4 cm³/mol. The number of ether oxygens (including phenoxy) is 1. The SMILES string of the molecule is CCOC(=O)c1oc2ccncc2c1Nc1ccc(C)cc1Cl. The number of furan rings is 1. The maximum Gasteiger partial charge on any atom is 0.376 e. The average molecular weight is 331 g/mol. The molecule has 23 heavy (non-hydrogen) atoms. The molecule has 5 nitrogen and oxygen atoms in total. The summed E-state index contributed by atoms with van der Waals surface area (Å²) in [5, 5.41) is 4.40. The number of aryl methyl sites for hydroxylation is 1. The Morgan fingerprint density at radius 1 is 1.39 bits per heavy atom. The fourth-order valence-electron chi connectivity index (χ4n) is 2.26. The van der Waals surface area contributed by atoms with Crippen LogP contribution in [0.3, 0.4) is 0 Å². The molecule has 6 heteroatoms. The van der Waals surface area contributed by atoms with Crippen molar-refractivity contribution < 1.29 is 13.9 Å². The first-order valence-electron chi connectivity index (χ1n) is 7.17. The first-order valence-corrected chi connectivity index (χ1v) is 7.54. The average Bonchev–Trinajstić information content (AvgIpc) is 2.89.